The van der Waals surface area contributed by atoms with Crippen molar-refractivity contribution < 1.29 is 19.0 Å². The van der Waals surface area contributed by atoms with E-state index in [1.807, 2.05) is 12.1 Å². The Hall–Kier alpha value is -2.81. The van der Waals surface area contributed by atoms with Crippen molar-refractivity contribution in [1.29, 1.82) is 0 Å². The summed E-state index contributed by atoms with van der Waals surface area (Å²) in [4.78, 5) is 14.0. The monoisotopic (exact) mass is 437 g/mol. The molecule has 2 saturated heterocycles. The molecule has 0 aliphatic carbocycles. The Morgan fingerprint density at radius 2 is 1.48 bits per heavy atom. The zero-order valence-corrected chi connectivity index (χ0v) is 18.1. The molecule has 2 aliphatic heterocycles. The maximum atomic E-state index is 11.6. The molecular formula is C23H23N3O4S. The van der Waals surface area contributed by atoms with Crippen molar-refractivity contribution in [1.82, 2.24) is 10.2 Å². The van der Waals surface area contributed by atoms with Gasteiger partial charge in [0.25, 0.3) is 0 Å². The van der Waals surface area contributed by atoms with Gasteiger partial charge in [-0.2, -0.15) is 0 Å². The van der Waals surface area contributed by atoms with E-state index in [1.165, 1.54) is 24.1 Å². The summed E-state index contributed by atoms with van der Waals surface area (Å²) in [6.07, 6.45) is 1.78. The van der Waals surface area contributed by atoms with E-state index in [1.54, 1.807) is 12.1 Å². The van der Waals surface area contributed by atoms with Crippen molar-refractivity contribution in [3.8, 4) is 21.1 Å². The maximum absolute atomic E-state index is 11.6. The van der Waals surface area contributed by atoms with Gasteiger partial charge in [0.1, 0.15) is 10.0 Å². The third kappa shape index (κ3) is 4.06. The second-order valence-corrected chi connectivity index (χ2v) is 8.60. The lowest BCUT2D eigenvalue weighted by Crippen LogP contribution is -2.45. The molecule has 7 nitrogen and oxygen atoms in total. The smallest absolute Gasteiger partial charge is 0.337 e. The van der Waals surface area contributed by atoms with Crippen LogP contribution < -0.4 is 4.90 Å². The standard InChI is InChI=1S/C23H23N3O4S/c1-28-22(27)18-4-2-16(3-5-18)20-24-25-21(31-20)17-6-8-19(9-7-17)26-12-10-23(11-13-26)29-14-15-30-23/h2-9H,10-15H2,1H3. The first kappa shape index (κ1) is 20.1. The van der Waals surface area contributed by atoms with Crippen molar-refractivity contribution in [3.63, 3.8) is 0 Å². The molecule has 2 aliphatic rings. The molecule has 0 unspecified atom stereocenters. The molecule has 3 aromatic rings. The number of piperidine rings is 1. The Morgan fingerprint density at radius 1 is 0.935 bits per heavy atom. The van der Waals surface area contributed by atoms with E-state index < -0.39 is 0 Å². The third-order valence-corrected chi connectivity index (χ3v) is 6.82. The highest BCUT2D eigenvalue weighted by Gasteiger charge is 2.39. The molecule has 8 heteroatoms. The fourth-order valence-electron chi connectivity index (χ4n) is 4.03. The number of hydrogen-bond donors (Lipinski definition) is 0. The minimum Gasteiger partial charge on any atom is -0.465 e. The normalized spacial score (nSPS) is 17.8. The van der Waals surface area contributed by atoms with Crippen molar-refractivity contribution >= 4 is 23.0 Å². The number of aromatic nitrogens is 2. The van der Waals surface area contributed by atoms with Crippen LogP contribution in [0.4, 0.5) is 5.69 Å². The molecule has 160 valence electrons. The highest BCUT2D eigenvalue weighted by Crippen LogP contribution is 2.35. The zero-order chi connectivity index (χ0) is 21.3. The first-order chi connectivity index (χ1) is 15.2. The van der Waals surface area contributed by atoms with Gasteiger partial charge in [0.2, 0.25) is 0 Å². The number of methoxy groups -OCH3 is 1. The first-order valence-corrected chi connectivity index (χ1v) is 11.1. The van der Waals surface area contributed by atoms with Gasteiger partial charge in [-0.25, -0.2) is 4.79 Å². The summed E-state index contributed by atoms with van der Waals surface area (Å²) in [5, 5.41) is 10.4. The second-order valence-electron chi connectivity index (χ2n) is 7.62. The van der Waals surface area contributed by atoms with Gasteiger partial charge >= 0.3 is 5.97 Å². The molecule has 0 amide bonds. The molecule has 2 fully saturated rings. The second kappa shape index (κ2) is 8.37. The zero-order valence-electron chi connectivity index (χ0n) is 17.2. The highest BCUT2D eigenvalue weighted by atomic mass is 32.1. The van der Waals surface area contributed by atoms with Gasteiger partial charge in [-0.15, -0.1) is 10.2 Å². The van der Waals surface area contributed by atoms with Crippen LogP contribution >= 0.6 is 11.3 Å². The fraction of sp³-hybridized carbons (Fsp3) is 0.348. The van der Waals surface area contributed by atoms with Crippen LogP contribution in [0, 0.1) is 0 Å². The average Bonchev–Trinajstić information content (AvgIpc) is 3.50. The van der Waals surface area contributed by atoms with Crippen LogP contribution in [0.3, 0.4) is 0 Å². The molecule has 31 heavy (non-hydrogen) atoms. The van der Waals surface area contributed by atoms with E-state index in [0.29, 0.717) is 18.8 Å². The van der Waals surface area contributed by atoms with E-state index in [4.69, 9.17) is 14.2 Å². The minimum atomic E-state index is -0.353. The molecule has 3 heterocycles. The summed E-state index contributed by atoms with van der Waals surface area (Å²) >= 11 is 1.53. The Balaban J connectivity index is 1.26. The van der Waals surface area contributed by atoms with Crippen molar-refractivity contribution in [2.75, 3.05) is 38.3 Å². The van der Waals surface area contributed by atoms with Gasteiger partial charge in [0.05, 0.1) is 25.9 Å². The molecule has 1 spiro atoms. The number of ether oxygens (including phenoxy) is 3. The Labute approximate surface area is 184 Å². The molecule has 2 aromatic carbocycles. The summed E-state index contributed by atoms with van der Waals surface area (Å²) in [5.74, 6) is -0.703. The first-order valence-electron chi connectivity index (χ1n) is 10.3. The van der Waals surface area contributed by atoms with Crippen LogP contribution in [0.2, 0.25) is 0 Å². The van der Waals surface area contributed by atoms with Gasteiger partial charge < -0.3 is 19.1 Å². The summed E-state index contributed by atoms with van der Waals surface area (Å²) < 4.78 is 16.4. The van der Waals surface area contributed by atoms with Crippen LogP contribution in [0.5, 0.6) is 0 Å². The van der Waals surface area contributed by atoms with Crippen molar-refractivity contribution in [2.24, 2.45) is 0 Å². The number of nitrogens with zero attached hydrogens (tertiary/aromatic N) is 3. The lowest BCUT2D eigenvalue weighted by molar-refractivity contribution is -0.169. The van der Waals surface area contributed by atoms with E-state index in [9.17, 15) is 4.79 Å². The van der Waals surface area contributed by atoms with E-state index in [2.05, 4.69) is 39.4 Å². The van der Waals surface area contributed by atoms with Gasteiger partial charge in [-0.3, -0.25) is 0 Å². The molecule has 0 radical (unpaired) electrons. The van der Waals surface area contributed by atoms with Gasteiger partial charge in [0, 0.05) is 42.7 Å². The number of carbonyl (C=O) groups excluding carboxylic acids is 1. The van der Waals surface area contributed by atoms with Crippen LogP contribution in [0.1, 0.15) is 23.2 Å². The minimum absolute atomic E-state index is 0.350. The molecule has 0 saturated carbocycles. The molecule has 0 atom stereocenters. The summed E-state index contributed by atoms with van der Waals surface area (Å²) in [5.41, 5.74) is 3.67. The number of esters is 1. The fourth-order valence-corrected chi connectivity index (χ4v) is 4.88. The molecule has 1 aromatic heterocycles. The predicted octanol–water partition coefficient (Wildman–Crippen LogP) is 4.00. The number of benzene rings is 2. The molecule has 5 rings (SSSR count). The van der Waals surface area contributed by atoms with Gasteiger partial charge in [-0.05, 0) is 36.4 Å². The van der Waals surface area contributed by atoms with Crippen LogP contribution in [0.15, 0.2) is 48.5 Å². The van der Waals surface area contributed by atoms with Crippen molar-refractivity contribution in [3.05, 3.63) is 54.1 Å². The topological polar surface area (TPSA) is 73.8 Å². The molecular weight excluding hydrogens is 414 g/mol. The number of rotatable bonds is 4. The lowest BCUT2D eigenvalue weighted by atomic mass is 10.0. The van der Waals surface area contributed by atoms with E-state index >= 15 is 0 Å². The summed E-state index contributed by atoms with van der Waals surface area (Å²) in [6.45, 7) is 3.25. The van der Waals surface area contributed by atoms with E-state index in [0.717, 1.165) is 47.1 Å². The maximum Gasteiger partial charge on any atom is 0.337 e. The highest BCUT2D eigenvalue weighted by molar-refractivity contribution is 7.17. The SMILES string of the molecule is COC(=O)c1ccc(-c2nnc(-c3ccc(N4CCC5(CC4)OCCO5)cc3)s2)cc1. The number of hydrogen-bond acceptors (Lipinski definition) is 8. The lowest BCUT2D eigenvalue weighted by Gasteiger charge is -2.38. The number of carbonyl (C=O) groups is 1. The van der Waals surface area contributed by atoms with E-state index in [-0.39, 0.29) is 11.8 Å². The number of anilines is 1. The van der Waals surface area contributed by atoms with Gasteiger partial charge in [0.15, 0.2) is 5.79 Å². The Morgan fingerprint density at radius 3 is 2.03 bits per heavy atom. The Bertz CT molecular complexity index is 1050. The summed E-state index contributed by atoms with van der Waals surface area (Å²) in [7, 11) is 1.37. The quantitative estimate of drug-likeness (QED) is 0.571. The largest absolute Gasteiger partial charge is 0.465 e. The molecule has 0 N–H and O–H groups in total. The summed E-state index contributed by atoms with van der Waals surface area (Å²) in [6, 6.07) is 15.6. The van der Waals surface area contributed by atoms with Crippen LogP contribution in [-0.4, -0.2) is 55.4 Å². The van der Waals surface area contributed by atoms with Crippen LogP contribution in [-0.2, 0) is 14.2 Å². The van der Waals surface area contributed by atoms with Crippen LogP contribution in [0.25, 0.3) is 21.1 Å². The molecule has 0 bridgehead atoms. The van der Waals surface area contributed by atoms with Gasteiger partial charge in [-0.1, -0.05) is 23.5 Å². The predicted molar refractivity (Wildman–Crippen MR) is 118 cm³/mol. The average molecular weight is 438 g/mol. The third-order valence-electron chi connectivity index (χ3n) is 5.80. The Kier molecular flexibility index (Phi) is 5.43. The van der Waals surface area contributed by atoms with Crippen molar-refractivity contribution in [2.45, 2.75) is 18.6 Å².